The van der Waals surface area contributed by atoms with E-state index in [1.165, 1.54) is 12.8 Å². The average Bonchev–Trinajstić information content (AvgIpc) is 2.86. The third kappa shape index (κ3) is 3.07. The molecule has 1 aromatic rings. The first kappa shape index (κ1) is 15.9. The van der Waals surface area contributed by atoms with Gasteiger partial charge in [-0.1, -0.05) is 13.3 Å². The van der Waals surface area contributed by atoms with Crippen molar-refractivity contribution in [3.8, 4) is 0 Å². The summed E-state index contributed by atoms with van der Waals surface area (Å²) < 4.78 is 0. The second kappa shape index (κ2) is 6.10. The lowest BCUT2D eigenvalue weighted by atomic mass is 9.79. The van der Waals surface area contributed by atoms with E-state index in [9.17, 15) is 10.1 Å². The van der Waals surface area contributed by atoms with Crippen LogP contribution in [0.1, 0.15) is 49.4 Å². The van der Waals surface area contributed by atoms with Crippen LogP contribution in [0, 0.1) is 35.3 Å². The van der Waals surface area contributed by atoms with Crippen molar-refractivity contribution in [2.45, 2.75) is 52.9 Å². The van der Waals surface area contributed by atoms with Crippen LogP contribution in [0.5, 0.6) is 0 Å². The summed E-state index contributed by atoms with van der Waals surface area (Å²) in [7, 11) is 0. The summed E-state index contributed by atoms with van der Waals surface area (Å²) >= 11 is 0. The van der Waals surface area contributed by atoms with Crippen LogP contribution in [0.3, 0.4) is 0 Å². The van der Waals surface area contributed by atoms with Crippen LogP contribution in [0.15, 0.2) is 6.20 Å². The van der Waals surface area contributed by atoms with Gasteiger partial charge in [-0.15, -0.1) is 0 Å². The zero-order valence-corrected chi connectivity index (χ0v) is 13.2. The number of hydrogen-bond donors (Lipinski definition) is 1. The maximum Gasteiger partial charge on any atom is 0.278 e. The quantitative estimate of drug-likeness (QED) is 0.666. The van der Waals surface area contributed by atoms with Gasteiger partial charge in [0.1, 0.15) is 0 Å². The molecule has 2 unspecified atom stereocenters. The van der Waals surface area contributed by atoms with Gasteiger partial charge in [-0.2, -0.15) is 0 Å². The highest BCUT2D eigenvalue weighted by molar-refractivity contribution is 5.47. The molecule has 0 bridgehead atoms. The molecule has 0 saturated heterocycles. The zero-order valence-electron chi connectivity index (χ0n) is 13.2. The Hall–Kier alpha value is -1.49. The summed E-state index contributed by atoms with van der Waals surface area (Å²) in [6, 6.07) is 0. The fourth-order valence-electron chi connectivity index (χ4n) is 3.67. The SMILES string of the molecule is CCC1CCC(CN)(Cc2ncc(C)c([N+](=O)[O-])c2C)C1. The van der Waals surface area contributed by atoms with Gasteiger partial charge in [0.2, 0.25) is 0 Å². The summed E-state index contributed by atoms with van der Waals surface area (Å²) in [4.78, 5) is 15.4. The minimum absolute atomic E-state index is 0.0710. The lowest BCUT2D eigenvalue weighted by molar-refractivity contribution is -0.386. The number of aryl methyl sites for hydroxylation is 1. The Morgan fingerprint density at radius 2 is 2.24 bits per heavy atom. The second-order valence-corrected chi connectivity index (χ2v) is 6.52. The van der Waals surface area contributed by atoms with Crippen molar-refractivity contribution in [1.82, 2.24) is 4.98 Å². The van der Waals surface area contributed by atoms with Crippen LogP contribution < -0.4 is 5.73 Å². The number of nitrogens with zero attached hydrogens (tertiary/aromatic N) is 2. The van der Waals surface area contributed by atoms with E-state index in [4.69, 9.17) is 5.73 Å². The van der Waals surface area contributed by atoms with Crippen molar-refractivity contribution in [3.63, 3.8) is 0 Å². The first-order valence-corrected chi connectivity index (χ1v) is 7.72. The van der Waals surface area contributed by atoms with Gasteiger partial charge in [-0.3, -0.25) is 15.1 Å². The van der Waals surface area contributed by atoms with E-state index in [0.717, 1.165) is 30.9 Å². The van der Waals surface area contributed by atoms with Gasteiger partial charge < -0.3 is 5.73 Å². The van der Waals surface area contributed by atoms with E-state index in [2.05, 4.69) is 11.9 Å². The molecule has 5 heteroatoms. The molecule has 0 spiro atoms. The highest BCUT2D eigenvalue weighted by Gasteiger charge is 2.38. The number of aromatic nitrogens is 1. The molecule has 0 aliphatic heterocycles. The van der Waals surface area contributed by atoms with Crippen LogP contribution in [0.2, 0.25) is 0 Å². The Kier molecular flexibility index (Phi) is 4.61. The smallest absolute Gasteiger partial charge is 0.278 e. The summed E-state index contributed by atoms with van der Waals surface area (Å²) in [6.45, 7) is 6.40. The summed E-state index contributed by atoms with van der Waals surface area (Å²) in [5, 5.41) is 11.2. The second-order valence-electron chi connectivity index (χ2n) is 6.52. The fraction of sp³-hybridized carbons (Fsp3) is 0.688. The van der Waals surface area contributed by atoms with E-state index >= 15 is 0 Å². The third-order valence-electron chi connectivity index (χ3n) is 5.12. The third-order valence-corrected chi connectivity index (χ3v) is 5.12. The number of nitrogens with two attached hydrogens (primary N) is 1. The average molecular weight is 291 g/mol. The van der Waals surface area contributed by atoms with Gasteiger partial charge in [0.25, 0.3) is 5.69 Å². The lowest BCUT2D eigenvalue weighted by Crippen LogP contribution is -2.31. The molecule has 1 aliphatic rings. The molecule has 2 atom stereocenters. The minimum atomic E-state index is -0.297. The topological polar surface area (TPSA) is 82.0 Å². The number of pyridine rings is 1. The predicted octanol–water partition coefficient (Wildman–Crippen LogP) is 3.30. The molecule has 0 radical (unpaired) electrons. The molecule has 0 amide bonds. The van der Waals surface area contributed by atoms with E-state index in [1.54, 1.807) is 13.1 Å². The predicted molar refractivity (Wildman–Crippen MR) is 83.2 cm³/mol. The van der Waals surface area contributed by atoms with Crippen LogP contribution >= 0.6 is 0 Å². The lowest BCUT2D eigenvalue weighted by Gasteiger charge is -2.28. The van der Waals surface area contributed by atoms with Crippen molar-refractivity contribution >= 4 is 5.69 Å². The van der Waals surface area contributed by atoms with E-state index in [-0.39, 0.29) is 16.0 Å². The molecular formula is C16H25N3O2. The Morgan fingerprint density at radius 1 is 1.52 bits per heavy atom. The number of hydrogen-bond acceptors (Lipinski definition) is 4. The zero-order chi connectivity index (χ0) is 15.6. The van der Waals surface area contributed by atoms with Crippen molar-refractivity contribution in [1.29, 1.82) is 0 Å². The normalized spacial score (nSPS) is 25.2. The molecular weight excluding hydrogens is 266 g/mol. The molecule has 1 aliphatic carbocycles. The Balaban J connectivity index is 2.31. The van der Waals surface area contributed by atoms with Gasteiger partial charge in [-0.05, 0) is 57.4 Å². The summed E-state index contributed by atoms with van der Waals surface area (Å²) in [5.74, 6) is 0.731. The number of nitro groups is 1. The molecule has 2 N–H and O–H groups in total. The molecule has 1 fully saturated rings. The molecule has 5 nitrogen and oxygen atoms in total. The van der Waals surface area contributed by atoms with Crippen LogP contribution in [0.4, 0.5) is 5.69 Å². The molecule has 116 valence electrons. The van der Waals surface area contributed by atoms with Crippen molar-refractivity contribution < 1.29 is 4.92 Å². The van der Waals surface area contributed by atoms with Crippen molar-refractivity contribution in [2.24, 2.45) is 17.1 Å². The first-order chi connectivity index (χ1) is 9.92. The van der Waals surface area contributed by atoms with Crippen LogP contribution in [-0.4, -0.2) is 16.5 Å². The van der Waals surface area contributed by atoms with Crippen LogP contribution in [0.25, 0.3) is 0 Å². The molecule has 1 saturated carbocycles. The van der Waals surface area contributed by atoms with Gasteiger partial charge in [-0.25, -0.2) is 0 Å². The molecule has 1 heterocycles. The largest absolute Gasteiger partial charge is 0.330 e. The van der Waals surface area contributed by atoms with Gasteiger partial charge >= 0.3 is 0 Å². The maximum absolute atomic E-state index is 11.2. The van der Waals surface area contributed by atoms with Gasteiger partial charge in [0.15, 0.2) is 0 Å². The molecule has 21 heavy (non-hydrogen) atoms. The standard InChI is InChI=1S/C16H25N3O2/c1-4-13-5-6-16(7-13,10-17)8-14-12(3)15(19(20)21)11(2)9-18-14/h9,13H,4-8,10,17H2,1-3H3. The molecule has 1 aromatic heterocycles. The van der Waals surface area contributed by atoms with Gasteiger partial charge in [0, 0.05) is 17.3 Å². The highest BCUT2D eigenvalue weighted by Crippen LogP contribution is 2.45. The van der Waals surface area contributed by atoms with E-state index in [0.29, 0.717) is 17.7 Å². The highest BCUT2D eigenvalue weighted by atomic mass is 16.6. The van der Waals surface area contributed by atoms with E-state index in [1.807, 2.05) is 6.92 Å². The molecule has 2 rings (SSSR count). The first-order valence-electron chi connectivity index (χ1n) is 7.72. The fourth-order valence-corrected chi connectivity index (χ4v) is 3.67. The molecule has 0 aromatic carbocycles. The van der Waals surface area contributed by atoms with Crippen molar-refractivity contribution in [2.75, 3.05) is 6.54 Å². The number of rotatable bonds is 5. The Bertz CT molecular complexity index is 545. The Labute approximate surface area is 126 Å². The summed E-state index contributed by atoms with van der Waals surface area (Å²) in [6.07, 6.45) is 6.99. The maximum atomic E-state index is 11.2. The van der Waals surface area contributed by atoms with Gasteiger partial charge in [0.05, 0.1) is 10.6 Å². The summed E-state index contributed by atoms with van der Waals surface area (Å²) in [5.41, 5.74) is 8.50. The van der Waals surface area contributed by atoms with E-state index < -0.39 is 0 Å². The Morgan fingerprint density at radius 3 is 2.76 bits per heavy atom. The van der Waals surface area contributed by atoms with Crippen molar-refractivity contribution in [3.05, 3.63) is 33.1 Å². The minimum Gasteiger partial charge on any atom is -0.330 e. The monoisotopic (exact) mass is 291 g/mol. The van der Waals surface area contributed by atoms with Crippen LogP contribution in [-0.2, 0) is 6.42 Å².